The van der Waals surface area contributed by atoms with E-state index in [2.05, 4.69) is 79.5 Å². The van der Waals surface area contributed by atoms with Crippen molar-refractivity contribution in [2.75, 3.05) is 13.1 Å². The number of carbonyl (C=O) groups is 1. The summed E-state index contributed by atoms with van der Waals surface area (Å²) in [6.07, 6.45) is 7.48. The number of hydrogen-bond acceptors (Lipinski definition) is 2. The van der Waals surface area contributed by atoms with E-state index in [0.29, 0.717) is 6.54 Å². The topological polar surface area (TPSA) is 32.3 Å². The zero-order valence-electron chi connectivity index (χ0n) is 18.1. The molecule has 2 aromatic carbocycles. The zero-order chi connectivity index (χ0) is 20.7. The Morgan fingerprint density at radius 1 is 0.931 bits per heavy atom. The molecule has 0 atom stereocenters. The van der Waals surface area contributed by atoms with Crippen molar-refractivity contribution in [3.63, 3.8) is 0 Å². The van der Waals surface area contributed by atoms with Crippen LogP contribution in [0.5, 0.6) is 0 Å². The predicted octanol–water partition coefficient (Wildman–Crippen LogP) is 5.30. The van der Waals surface area contributed by atoms with Gasteiger partial charge in [-0.15, -0.1) is 0 Å². The van der Waals surface area contributed by atoms with Gasteiger partial charge in [0.05, 0.1) is 0 Å². The number of hydrogen-bond donors (Lipinski definition) is 1. The van der Waals surface area contributed by atoms with Crippen LogP contribution in [0, 0.1) is 0 Å². The summed E-state index contributed by atoms with van der Waals surface area (Å²) >= 11 is 0. The number of amides is 1. The van der Waals surface area contributed by atoms with E-state index in [9.17, 15) is 4.79 Å². The summed E-state index contributed by atoms with van der Waals surface area (Å²) in [5, 5.41) is 2.97. The second-order valence-corrected chi connectivity index (χ2v) is 9.08. The zero-order valence-corrected chi connectivity index (χ0v) is 18.1. The highest BCUT2D eigenvalue weighted by Crippen LogP contribution is 2.22. The molecule has 3 heteroatoms. The molecule has 1 fully saturated rings. The van der Waals surface area contributed by atoms with E-state index < -0.39 is 0 Å². The van der Waals surface area contributed by atoms with Gasteiger partial charge in [-0.3, -0.25) is 9.69 Å². The number of nitrogens with one attached hydrogen (secondary N) is 1. The monoisotopic (exact) mass is 390 g/mol. The number of nitrogens with zero attached hydrogens (tertiary/aromatic N) is 1. The lowest BCUT2D eigenvalue weighted by Gasteiger charge is -2.26. The van der Waals surface area contributed by atoms with Crippen molar-refractivity contribution in [3.05, 3.63) is 76.9 Å². The lowest BCUT2D eigenvalue weighted by atomic mass is 9.87. The van der Waals surface area contributed by atoms with Crippen molar-refractivity contribution >= 4 is 12.0 Å². The molecule has 2 aromatic rings. The van der Waals surface area contributed by atoms with Crippen LogP contribution in [0.15, 0.2) is 54.6 Å². The molecule has 154 valence electrons. The molecular formula is C26H34N2O. The van der Waals surface area contributed by atoms with Crippen molar-refractivity contribution in [3.8, 4) is 0 Å². The Balaban J connectivity index is 1.45. The first-order valence-electron chi connectivity index (χ1n) is 10.8. The second-order valence-electron chi connectivity index (χ2n) is 9.08. The fourth-order valence-electron chi connectivity index (χ4n) is 3.65. The average Bonchev–Trinajstić information content (AvgIpc) is 2.72. The molecule has 0 unspecified atom stereocenters. The molecule has 0 radical (unpaired) electrons. The van der Waals surface area contributed by atoms with Gasteiger partial charge in [0.25, 0.3) is 0 Å². The highest BCUT2D eigenvalue weighted by Gasteiger charge is 2.12. The summed E-state index contributed by atoms with van der Waals surface area (Å²) in [6.45, 7) is 10.6. The Labute approximate surface area is 175 Å². The van der Waals surface area contributed by atoms with Gasteiger partial charge in [-0.2, -0.15) is 0 Å². The lowest BCUT2D eigenvalue weighted by molar-refractivity contribution is -0.116. The third-order valence-electron chi connectivity index (χ3n) is 5.55. The average molecular weight is 391 g/mol. The van der Waals surface area contributed by atoms with Crippen molar-refractivity contribution in [1.82, 2.24) is 10.2 Å². The fourth-order valence-corrected chi connectivity index (χ4v) is 3.65. The Morgan fingerprint density at radius 2 is 1.55 bits per heavy atom. The molecule has 1 aliphatic rings. The Morgan fingerprint density at radius 3 is 2.17 bits per heavy atom. The maximum atomic E-state index is 12.1. The quantitative estimate of drug-likeness (QED) is 0.679. The molecule has 0 spiro atoms. The van der Waals surface area contributed by atoms with Gasteiger partial charge in [0, 0.05) is 19.2 Å². The number of carbonyl (C=O) groups excluding carboxylic acids is 1. The first kappa shape index (κ1) is 21.3. The Kier molecular flexibility index (Phi) is 7.27. The molecule has 3 rings (SSSR count). The Bertz CT molecular complexity index is 807. The lowest BCUT2D eigenvalue weighted by Crippen LogP contribution is -2.29. The predicted molar refractivity (Wildman–Crippen MR) is 122 cm³/mol. The summed E-state index contributed by atoms with van der Waals surface area (Å²) in [5.74, 6) is -0.0673. The molecule has 1 aliphatic heterocycles. The minimum Gasteiger partial charge on any atom is -0.348 e. The van der Waals surface area contributed by atoms with Crippen LogP contribution in [-0.2, 0) is 23.3 Å². The fraction of sp³-hybridized carbons (Fsp3) is 0.423. The second kappa shape index (κ2) is 9.89. The van der Waals surface area contributed by atoms with Crippen molar-refractivity contribution < 1.29 is 4.79 Å². The molecule has 3 nitrogen and oxygen atoms in total. The van der Waals surface area contributed by atoms with Gasteiger partial charge >= 0.3 is 0 Å². The van der Waals surface area contributed by atoms with Gasteiger partial charge in [-0.05, 0) is 59.7 Å². The van der Waals surface area contributed by atoms with Crippen LogP contribution < -0.4 is 5.32 Å². The number of benzene rings is 2. The van der Waals surface area contributed by atoms with E-state index in [1.807, 2.05) is 6.08 Å². The summed E-state index contributed by atoms with van der Waals surface area (Å²) in [6, 6.07) is 17.0. The SMILES string of the molecule is CC(C)(C)c1ccc(/C=C/C(=O)NCc2ccc(CN3CCCCC3)cc2)cc1. The van der Waals surface area contributed by atoms with E-state index in [-0.39, 0.29) is 11.3 Å². The van der Waals surface area contributed by atoms with Crippen molar-refractivity contribution in [1.29, 1.82) is 0 Å². The number of piperidine rings is 1. The standard InChI is InChI=1S/C26H34N2O/c1-26(2,3)24-14-11-21(12-15-24)13-16-25(29)27-19-22-7-9-23(10-8-22)20-28-17-5-4-6-18-28/h7-16H,4-6,17-20H2,1-3H3,(H,27,29)/b16-13+. The minimum absolute atomic E-state index is 0.0673. The highest BCUT2D eigenvalue weighted by molar-refractivity contribution is 5.91. The molecule has 0 aromatic heterocycles. The van der Waals surface area contributed by atoms with Gasteiger partial charge in [0.2, 0.25) is 5.91 Å². The van der Waals surface area contributed by atoms with Crippen LogP contribution in [0.1, 0.15) is 62.3 Å². The largest absolute Gasteiger partial charge is 0.348 e. The Hall–Kier alpha value is -2.39. The van der Waals surface area contributed by atoms with E-state index in [1.54, 1.807) is 6.08 Å². The van der Waals surface area contributed by atoms with Crippen LogP contribution in [0.3, 0.4) is 0 Å². The van der Waals surface area contributed by atoms with Crippen molar-refractivity contribution in [2.45, 2.75) is 58.5 Å². The van der Waals surface area contributed by atoms with Crippen LogP contribution in [0.25, 0.3) is 6.08 Å². The summed E-state index contributed by atoms with van der Waals surface area (Å²) in [5.41, 5.74) is 4.95. The highest BCUT2D eigenvalue weighted by atomic mass is 16.1. The molecule has 0 bridgehead atoms. The van der Waals surface area contributed by atoms with Gasteiger partial charge in [0.15, 0.2) is 0 Å². The maximum Gasteiger partial charge on any atom is 0.244 e. The first-order valence-corrected chi connectivity index (χ1v) is 10.8. The molecule has 1 N–H and O–H groups in total. The van der Waals surface area contributed by atoms with Crippen LogP contribution >= 0.6 is 0 Å². The molecule has 1 heterocycles. The normalized spacial score (nSPS) is 15.6. The molecular weight excluding hydrogens is 356 g/mol. The summed E-state index contributed by atoms with van der Waals surface area (Å²) in [4.78, 5) is 14.7. The van der Waals surface area contributed by atoms with E-state index >= 15 is 0 Å². The molecule has 0 aliphatic carbocycles. The van der Waals surface area contributed by atoms with Gasteiger partial charge < -0.3 is 5.32 Å². The molecule has 0 saturated carbocycles. The van der Waals surface area contributed by atoms with E-state index in [4.69, 9.17) is 0 Å². The first-order chi connectivity index (χ1) is 13.9. The third-order valence-corrected chi connectivity index (χ3v) is 5.55. The molecule has 29 heavy (non-hydrogen) atoms. The van der Waals surface area contributed by atoms with Gasteiger partial charge in [-0.25, -0.2) is 0 Å². The van der Waals surface area contributed by atoms with Crippen molar-refractivity contribution in [2.24, 2.45) is 0 Å². The molecule has 1 amide bonds. The van der Waals surface area contributed by atoms with Crippen LogP contribution in [-0.4, -0.2) is 23.9 Å². The van der Waals surface area contributed by atoms with Gasteiger partial charge in [0.1, 0.15) is 0 Å². The van der Waals surface area contributed by atoms with Crippen LogP contribution in [0.4, 0.5) is 0 Å². The van der Waals surface area contributed by atoms with E-state index in [0.717, 1.165) is 17.7 Å². The van der Waals surface area contributed by atoms with Crippen LogP contribution in [0.2, 0.25) is 0 Å². The molecule has 1 saturated heterocycles. The number of rotatable bonds is 6. The third kappa shape index (κ3) is 6.86. The maximum absolute atomic E-state index is 12.1. The number of likely N-dealkylation sites (tertiary alicyclic amines) is 1. The van der Waals surface area contributed by atoms with E-state index in [1.165, 1.54) is 43.5 Å². The summed E-state index contributed by atoms with van der Waals surface area (Å²) < 4.78 is 0. The minimum atomic E-state index is -0.0673. The smallest absolute Gasteiger partial charge is 0.244 e. The van der Waals surface area contributed by atoms with Gasteiger partial charge in [-0.1, -0.05) is 75.7 Å². The summed E-state index contributed by atoms with van der Waals surface area (Å²) in [7, 11) is 0.